The van der Waals surface area contributed by atoms with E-state index in [4.69, 9.17) is 47.8 Å². The molecule has 0 aromatic carbocycles. The Morgan fingerprint density at radius 1 is 0.917 bits per heavy atom. The number of hydrogen-bond acceptors (Lipinski definition) is 7. The predicted octanol–water partition coefficient (Wildman–Crippen LogP) is -3.88. The molecule has 0 aliphatic heterocycles. The van der Waals surface area contributed by atoms with Crippen LogP contribution < -0.4 is 11.5 Å². The average Bonchev–Trinajstić information content (AvgIpc) is 2.46. The number of carbonyl (C=O) groups is 2. The minimum Gasteiger partial charge on any atom is -0.480 e. The Labute approximate surface area is 138 Å². The quantitative estimate of drug-likeness (QED) is 0.165. The van der Waals surface area contributed by atoms with Crippen molar-refractivity contribution in [2.45, 2.75) is 6.10 Å². The lowest BCUT2D eigenvalue weighted by Crippen LogP contribution is -2.36. The van der Waals surface area contributed by atoms with Crippen molar-refractivity contribution >= 4 is 23.9 Å². The molecule has 0 fully saturated rings. The van der Waals surface area contributed by atoms with Gasteiger partial charge < -0.3 is 46.8 Å². The van der Waals surface area contributed by atoms with Crippen LogP contribution in [0.5, 0.6) is 0 Å². The summed E-state index contributed by atoms with van der Waals surface area (Å²) in [6, 6.07) is 0. The molecule has 0 saturated heterocycles. The molecule has 11 N–H and O–H groups in total. The van der Waals surface area contributed by atoms with Gasteiger partial charge in [0.25, 0.3) is 0 Å². The topological polar surface area (TPSA) is 242 Å². The number of guanidine groups is 2. The van der Waals surface area contributed by atoms with E-state index < -0.39 is 18.0 Å². The zero-order valence-corrected chi connectivity index (χ0v) is 13.5. The van der Waals surface area contributed by atoms with Crippen LogP contribution in [0.15, 0.2) is 0 Å². The van der Waals surface area contributed by atoms with Crippen molar-refractivity contribution in [2.75, 3.05) is 40.4 Å². The third-order valence-electron chi connectivity index (χ3n) is 1.99. The lowest BCUT2D eigenvalue weighted by molar-refractivity contribution is -0.138. The van der Waals surface area contributed by atoms with Gasteiger partial charge in [0, 0.05) is 14.1 Å². The Hall–Kier alpha value is -2.64. The molecule has 0 radical (unpaired) electrons. The highest BCUT2D eigenvalue weighted by atomic mass is 16.4. The van der Waals surface area contributed by atoms with Crippen LogP contribution in [0.4, 0.5) is 0 Å². The standard InChI is InChI=1S/2C4H9N3O2.C3H8O3/c2*1-7(4(5)6)2-3(8)9;4-1-3(6)2-5/h2*2H2,1H3,(H3,5,6)(H,8,9);3-6H,1-2H2. The molecule has 0 atom stereocenters. The number of likely N-dealkylation sites (N-methyl/N-ethyl adjacent to an activating group) is 2. The number of aliphatic carboxylic acids is 2. The summed E-state index contributed by atoms with van der Waals surface area (Å²) >= 11 is 0. The number of nitrogens with one attached hydrogen (secondary N) is 2. The van der Waals surface area contributed by atoms with Crippen LogP contribution in [0.3, 0.4) is 0 Å². The molecule has 0 saturated carbocycles. The van der Waals surface area contributed by atoms with Gasteiger partial charge in [-0.25, -0.2) is 0 Å². The minimum atomic E-state index is -0.993. The number of aliphatic hydroxyl groups excluding tert-OH is 3. The second-order valence-electron chi connectivity index (χ2n) is 4.29. The maximum absolute atomic E-state index is 9.92. The van der Waals surface area contributed by atoms with Gasteiger partial charge in [0.1, 0.15) is 19.2 Å². The van der Waals surface area contributed by atoms with Gasteiger partial charge in [0.15, 0.2) is 11.9 Å². The molecule has 0 aromatic rings. The first-order valence-electron chi connectivity index (χ1n) is 6.32. The molecule has 0 aromatic heterocycles. The van der Waals surface area contributed by atoms with Crippen LogP contribution in [0.1, 0.15) is 0 Å². The summed E-state index contributed by atoms with van der Waals surface area (Å²) in [4.78, 5) is 22.1. The average molecular weight is 354 g/mol. The van der Waals surface area contributed by atoms with E-state index in [1.165, 1.54) is 14.1 Å². The summed E-state index contributed by atoms with van der Waals surface area (Å²) in [7, 11) is 2.88. The number of nitrogens with two attached hydrogens (primary N) is 2. The number of carboxylic acids is 2. The highest BCUT2D eigenvalue weighted by molar-refractivity contribution is 5.80. The van der Waals surface area contributed by atoms with Crippen LogP contribution in [0, 0.1) is 10.8 Å². The highest BCUT2D eigenvalue weighted by Crippen LogP contribution is 1.77. The van der Waals surface area contributed by atoms with Crippen LogP contribution in [-0.2, 0) is 9.59 Å². The van der Waals surface area contributed by atoms with Crippen molar-refractivity contribution in [3.05, 3.63) is 0 Å². The molecule has 142 valence electrons. The first-order valence-corrected chi connectivity index (χ1v) is 6.32. The second-order valence-corrected chi connectivity index (χ2v) is 4.29. The third-order valence-corrected chi connectivity index (χ3v) is 1.99. The maximum atomic E-state index is 9.92. The summed E-state index contributed by atoms with van der Waals surface area (Å²) in [5.74, 6) is -2.46. The Morgan fingerprint density at radius 3 is 1.21 bits per heavy atom. The number of nitrogens with zero attached hydrogens (tertiary/aromatic N) is 2. The van der Waals surface area contributed by atoms with E-state index in [1.807, 2.05) is 0 Å². The summed E-state index contributed by atoms with van der Waals surface area (Å²) in [6.45, 7) is -1.18. The van der Waals surface area contributed by atoms with E-state index in [0.29, 0.717) is 0 Å². The number of aliphatic hydroxyl groups is 3. The maximum Gasteiger partial charge on any atom is 0.323 e. The predicted molar refractivity (Wildman–Crippen MR) is 84.5 cm³/mol. The Morgan fingerprint density at radius 2 is 1.17 bits per heavy atom. The molecular formula is C11H26N6O7. The Balaban J connectivity index is -0.000000282. The monoisotopic (exact) mass is 354 g/mol. The number of carboxylic acid groups (broad SMARTS) is 2. The van der Waals surface area contributed by atoms with Gasteiger partial charge in [-0.05, 0) is 0 Å². The van der Waals surface area contributed by atoms with Gasteiger partial charge in [-0.2, -0.15) is 0 Å². The molecule has 0 rings (SSSR count). The van der Waals surface area contributed by atoms with Crippen molar-refractivity contribution in [2.24, 2.45) is 11.5 Å². The van der Waals surface area contributed by atoms with Crippen molar-refractivity contribution < 1.29 is 35.1 Å². The van der Waals surface area contributed by atoms with Crippen LogP contribution >= 0.6 is 0 Å². The number of rotatable bonds is 6. The van der Waals surface area contributed by atoms with Crippen LogP contribution in [0.25, 0.3) is 0 Å². The van der Waals surface area contributed by atoms with Gasteiger partial charge in [-0.15, -0.1) is 0 Å². The van der Waals surface area contributed by atoms with Gasteiger partial charge in [-0.1, -0.05) is 0 Å². The van der Waals surface area contributed by atoms with Crippen LogP contribution in [0.2, 0.25) is 0 Å². The zero-order valence-electron chi connectivity index (χ0n) is 13.5. The van der Waals surface area contributed by atoms with E-state index in [-0.39, 0.29) is 38.2 Å². The van der Waals surface area contributed by atoms with Crippen molar-refractivity contribution in [1.29, 1.82) is 10.8 Å². The van der Waals surface area contributed by atoms with Crippen molar-refractivity contribution in [1.82, 2.24) is 9.80 Å². The van der Waals surface area contributed by atoms with Gasteiger partial charge in [0.2, 0.25) is 0 Å². The Kier molecular flexibility index (Phi) is 16.7. The Bertz CT molecular complexity index is 370. The molecule has 0 aliphatic carbocycles. The summed E-state index contributed by atoms with van der Waals surface area (Å²) < 4.78 is 0. The van der Waals surface area contributed by atoms with Crippen molar-refractivity contribution in [3.8, 4) is 0 Å². The smallest absolute Gasteiger partial charge is 0.323 e. The van der Waals surface area contributed by atoms with Gasteiger partial charge in [-0.3, -0.25) is 20.4 Å². The van der Waals surface area contributed by atoms with E-state index in [2.05, 4.69) is 0 Å². The van der Waals surface area contributed by atoms with E-state index in [9.17, 15) is 9.59 Å². The fraction of sp³-hybridized carbons (Fsp3) is 0.636. The largest absolute Gasteiger partial charge is 0.480 e. The van der Waals surface area contributed by atoms with E-state index in [1.54, 1.807) is 0 Å². The first kappa shape index (κ1) is 26.3. The molecule has 0 bridgehead atoms. The summed E-state index contributed by atoms with van der Waals surface area (Å²) in [5.41, 5.74) is 9.86. The fourth-order valence-electron chi connectivity index (χ4n) is 0.634. The summed E-state index contributed by atoms with van der Waals surface area (Å²) in [5, 5.41) is 53.8. The molecule has 24 heavy (non-hydrogen) atoms. The summed E-state index contributed by atoms with van der Waals surface area (Å²) in [6.07, 6.45) is -0.954. The highest BCUT2D eigenvalue weighted by Gasteiger charge is 2.03. The molecule has 13 nitrogen and oxygen atoms in total. The third kappa shape index (κ3) is 21.7. The molecule has 0 amide bonds. The fourth-order valence-corrected chi connectivity index (χ4v) is 0.634. The van der Waals surface area contributed by atoms with Crippen LogP contribution in [-0.4, -0.2) is 106 Å². The number of hydrogen-bond donors (Lipinski definition) is 9. The van der Waals surface area contributed by atoms with Gasteiger partial charge >= 0.3 is 11.9 Å². The van der Waals surface area contributed by atoms with E-state index >= 15 is 0 Å². The van der Waals surface area contributed by atoms with Crippen molar-refractivity contribution in [3.63, 3.8) is 0 Å². The normalized spacial score (nSPS) is 8.92. The van der Waals surface area contributed by atoms with Gasteiger partial charge in [0.05, 0.1) is 13.2 Å². The first-order chi connectivity index (χ1) is 10.9. The molecule has 0 aliphatic rings. The lowest BCUT2D eigenvalue weighted by atomic mass is 10.4. The molecule has 0 heterocycles. The lowest BCUT2D eigenvalue weighted by Gasteiger charge is -2.12. The molecule has 13 heteroatoms. The molecular weight excluding hydrogens is 328 g/mol. The SMILES string of the molecule is CN(CC(=O)O)C(=N)N.CN(CC(=O)O)C(=N)N.OCC(O)CO. The second kappa shape index (κ2) is 15.3. The minimum absolute atomic E-state index is 0.227. The molecule has 0 spiro atoms. The zero-order chi connectivity index (χ0) is 19.9. The van der Waals surface area contributed by atoms with E-state index in [0.717, 1.165) is 9.80 Å². The molecule has 0 unspecified atom stereocenters.